The number of amides is 1. The first-order valence-electron chi connectivity index (χ1n) is 6.62. The van der Waals surface area contributed by atoms with Crippen molar-refractivity contribution in [3.8, 4) is 5.88 Å². The average Bonchev–Trinajstić information content (AvgIpc) is 2.37. The molecule has 6 nitrogen and oxygen atoms in total. The second-order valence-corrected chi connectivity index (χ2v) is 6.07. The van der Waals surface area contributed by atoms with Crippen LogP contribution in [-0.2, 0) is 11.2 Å². The predicted molar refractivity (Wildman–Crippen MR) is 81.7 cm³/mol. The Morgan fingerprint density at radius 2 is 2.19 bits per heavy atom. The zero-order chi connectivity index (χ0) is 16.0. The lowest BCUT2D eigenvalue weighted by Crippen LogP contribution is -2.41. The number of carbonyl (C=O) groups excluding carboxylic acids is 1. The van der Waals surface area contributed by atoms with E-state index in [2.05, 4.69) is 10.3 Å². The van der Waals surface area contributed by atoms with Crippen molar-refractivity contribution in [3.05, 3.63) is 22.8 Å². The fraction of sp³-hybridized carbons (Fsp3) is 0.571. The van der Waals surface area contributed by atoms with Crippen molar-refractivity contribution in [3.63, 3.8) is 0 Å². The molecule has 21 heavy (non-hydrogen) atoms. The molecule has 1 aromatic rings. The van der Waals surface area contributed by atoms with Crippen molar-refractivity contribution >= 4 is 17.7 Å². The summed E-state index contributed by atoms with van der Waals surface area (Å²) in [7, 11) is 1.53. The molecule has 7 heteroatoms. The molecule has 0 saturated heterocycles. The van der Waals surface area contributed by atoms with Gasteiger partial charge in [-0.2, -0.15) is 0 Å². The number of ether oxygens (including phenoxy) is 2. The van der Waals surface area contributed by atoms with Gasteiger partial charge in [-0.05, 0) is 32.8 Å². The fourth-order valence-corrected chi connectivity index (χ4v) is 1.79. The molecule has 0 bridgehead atoms. The Balaban J connectivity index is 2.50. The van der Waals surface area contributed by atoms with Crippen LogP contribution >= 0.6 is 11.6 Å². The number of nitrogens with zero attached hydrogens (tertiary/aromatic N) is 1. The summed E-state index contributed by atoms with van der Waals surface area (Å²) in [6.07, 6.45) is 1.52. The van der Waals surface area contributed by atoms with E-state index in [1.807, 2.05) is 0 Å². The van der Waals surface area contributed by atoms with Gasteiger partial charge in [-0.25, -0.2) is 9.78 Å². The number of nitrogens with two attached hydrogens (primary N) is 1. The molecule has 0 aliphatic carbocycles. The van der Waals surface area contributed by atoms with Crippen molar-refractivity contribution in [1.29, 1.82) is 0 Å². The number of halogens is 1. The standard InChI is InChI=1S/C14H22ClN3O3/c1-14(2,3)21-13(19)18-7-10(16)5-9-6-12(20-4)17-8-11(9)15/h6,8,10H,5,7,16H2,1-4H3,(H,18,19). The maximum absolute atomic E-state index is 11.5. The van der Waals surface area contributed by atoms with Crippen LogP contribution in [0.15, 0.2) is 12.3 Å². The lowest BCUT2D eigenvalue weighted by Gasteiger charge is -2.21. The summed E-state index contributed by atoms with van der Waals surface area (Å²) in [5.41, 5.74) is 6.28. The first kappa shape index (κ1) is 17.5. The summed E-state index contributed by atoms with van der Waals surface area (Å²) < 4.78 is 10.2. The highest BCUT2D eigenvalue weighted by molar-refractivity contribution is 6.31. The van der Waals surface area contributed by atoms with Crippen LogP contribution in [0.5, 0.6) is 5.88 Å². The molecular formula is C14H22ClN3O3. The van der Waals surface area contributed by atoms with Gasteiger partial charge in [0.1, 0.15) is 5.60 Å². The molecule has 1 aromatic heterocycles. The van der Waals surface area contributed by atoms with E-state index in [0.29, 0.717) is 17.3 Å². The van der Waals surface area contributed by atoms with E-state index >= 15 is 0 Å². The Morgan fingerprint density at radius 3 is 2.76 bits per heavy atom. The second-order valence-electron chi connectivity index (χ2n) is 5.67. The topological polar surface area (TPSA) is 86.5 Å². The lowest BCUT2D eigenvalue weighted by molar-refractivity contribution is 0.0524. The minimum Gasteiger partial charge on any atom is -0.481 e. The molecule has 0 fully saturated rings. The number of hydrogen-bond donors (Lipinski definition) is 2. The van der Waals surface area contributed by atoms with E-state index in [-0.39, 0.29) is 12.6 Å². The highest BCUT2D eigenvalue weighted by Crippen LogP contribution is 2.20. The molecule has 0 spiro atoms. The van der Waals surface area contributed by atoms with Gasteiger partial charge in [0.25, 0.3) is 0 Å². The summed E-state index contributed by atoms with van der Waals surface area (Å²) >= 11 is 6.06. The number of methoxy groups -OCH3 is 1. The average molecular weight is 316 g/mol. The van der Waals surface area contributed by atoms with Gasteiger partial charge in [-0.1, -0.05) is 11.6 Å². The monoisotopic (exact) mass is 315 g/mol. The number of pyridine rings is 1. The Morgan fingerprint density at radius 1 is 1.52 bits per heavy atom. The fourth-order valence-electron chi connectivity index (χ4n) is 1.61. The zero-order valence-electron chi connectivity index (χ0n) is 12.8. The number of nitrogens with one attached hydrogen (secondary N) is 1. The maximum Gasteiger partial charge on any atom is 0.407 e. The van der Waals surface area contributed by atoms with Gasteiger partial charge in [-0.15, -0.1) is 0 Å². The van der Waals surface area contributed by atoms with Gasteiger partial charge in [0.05, 0.1) is 12.1 Å². The number of hydrogen-bond acceptors (Lipinski definition) is 5. The normalized spacial score (nSPS) is 12.7. The molecule has 0 aliphatic rings. The molecule has 3 N–H and O–H groups in total. The maximum atomic E-state index is 11.5. The third-order valence-electron chi connectivity index (χ3n) is 2.51. The van der Waals surface area contributed by atoms with E-state index in [4.69, 9.17) is 26.8 Å². The van der Waals surface area contributed by atoms with Crippen molar-refractivity contribution < 1.29 is 14.3 Å². The van der Waals surface area contributed by atoms with E-state index in [1.165, 1.54) is 13.3 Å². The van der Waals surface area contributed by atoms with Crippen molar-refractivity contribution in [2.45, 2.75) is 38.8 Å². The summed E-state index contributed by atoms with van der Waals surface area (Å²) in [5.74, 6) is 0.474. The van der Waals surface area contributed by atoms with Crippen LogP contribution in [0.1, 0.15) is 26.3 Å². The van der Waals surface area contributed by atoms with E-state index < -0.39 is 11.7 Å². The minimum absolute atomic E-state index is 0.288. The summed E-state index contributed by atoms with van der Waals surface area (Å²) in [4.78, 5) is 15.5. The first-order valence-corrected chi connectivity index (χ1v) is 7.00. The molecule has 0 radical (unpaired) electrons. The Bertz CT molecular complexity index is 489. The van der Waals surface area contributed by atoms with Crippen molar-refractivity contribution in [1.82, 2.24) is 10.3 Å². The lowest BCUT2D eigenvalue weighted by atomic mass is 10.1. The van der Waals surface area contributed by atoms with E-state index in [1.54, 1.807) is 26.8 Å². The van der Waals surface area contributed by atoms with E-state index in [9.17, 15) is 4.79 Å². The first-order chi connectivity index (χ1) is 9.71. The molecule has 1 heterocycles. The smallest absolute Gasteiger partial charge is 0.407 e. The van der Waals surface area contributed by atoms with Gasteiger partial charge in [0.15, 0.2) is 0 Å². The van der Waals surface area contributed by atoms with Gasteiger partial charge >= 0.3 is 6.09 Å². The number of rotatable bonds is 5. The number of aromatic nitrogens is 1. The SMILES string of the molecule is COc1cc(CC(N)CNC(=O)OC(C)(C)C)c(Cl)cn1. The van der Waals surface area contributed by atoms with Crippen LogP contribution < -0.4 is 15.8 Å². The molecule has 1 atom stereocenters. The highest BCUT2D eigenvalue weighted by Gasteiger charge is 2.17. The third kappa shape index (κ3) is 6.64. The molecule has 1 amide bonds. The summed E-state index contributed by atoms with van der Waals surface area (Å²) in [6.45, 7) is 5.69. The summed E-state index contributed by atoms with van der Waals surface area (Å²) in [5, 5.41) is 3.15. The predicted octanol–water partition coefficient (Wildman–Crippen LogP) is 2.14. The van der Waals surface area contributed by atoms with Gasteiger partial charge < -0.3 is 20.5 Å². The van der Waals surface area contributed by atoms with Crippen LogP contribution in [0.4, 0.5) is 4.79 Å². The Kier molecular flexibility index (Phi) is 6.23. The van der Waals surface area contributed by atoms with Crippen LogP contribution in [0.25, 0.3) is 0 Å². The molecule has 0 aromatic carbocycles. The Hall–Kier alpha value is -1.53. The van der Waals surface area contributed by atoms with Crippen LogP contribution in [-0.4, -0.2) is 36.4 Å². The molecular weight excluding hydrogens is 294 g/mol. The second kappa shape index (κ2) is 7.47. The Labute approximate surface area is 130 Å². The van der Waals surface area contributed by atoms with Gasteiger partial charge in [0, 0.05) is 24.8 Å². The molecule has 1 rings (SSSR count). The van der Waals surface area contributed by atoms with E-state index in [0.717, 1.165) is 5.56 Å². The van der Waals surface area contributed by atoms with Crippen LogP contribution in [0, 0.1) is 0 Å². The minimum atomic E-state index is -0.532. The molecule has 0 saturated carbocycles. The molecule has 118 valence electrons. The van der Waals surface area contributed by atoms with Crippen molar-refractivity contribution in [2.75, 3.05) is 13.7 Å². The van der Waals surface area contributed by atoms with Crippen LogP contribution in [0.3, 0.4) is 0 Å². The third-order valence-corrected chi connectivity index (χ3v) is 2.85. The number of alkyl carbamates (subject to hydrolysis) is 1. The van der Waals surface area contributed by atoms with Gasteiger partial charge in [0.2, 0.25) is 5.88 Å². The van der Waals surface area contributed by atoms with Crippen LogP contribution in [0.2, 0.25) is 5.02 Å². The quantitative estimate of drug-likeness (QED) is 0.869. The highest BCUT2D eigenvalue weighted by atomic mass is 35.5. The molecule has 0 aliphatic heterocycles. The van der Waals surface area contributed by atoms with Gasteiger partial charge in [-0.3, -0.25) is 0 Å². The molecule has 1 unspecified atom stereocenters. The number of carbonyl (C=O) groups is 1. The largest absolute Gasteiger partial charge is 0.481 e. The summed E-state index contributed by atoms with van der Waals surface area (Å²) in [6, 6.07) is 1.44. The van der Waals surface area contributed by atoms with Crippen molar-refractivity contribution in [2.24, 2.45) is 5.73 Å². The zero-order valence-corrected chi connectivity index (χ0v) is 13.5.